The molecule has 0 aromatic carbocycles. The molecule has 2 aliphatic rings. The van der Waals surface area contributed by atoms with E-state index in [1.54, 1.807) is 0 Å². The molecule has 0 bridgehead atoms. The van der Waals surface area contributed by atoms with Crippen LogP contribution in [0.15, 0.2) is 0 Å². The largest absolute Gasteiger partial charge is 0.336 e. The van der Waals surface area contributed by atoms with E-state index in [2.05, 4.69) is 37.5 Å². The van der Waals surface area contributed by atoms with E-state index in [-0.39, 0.29) is 5.54 Å². The van der Waals surface area contributed by atoms with Crippen molar-refractivity contribution in [1.82, 2.24) is 9.80 Å². The van der Waals surface area contributed by atoms with Gasteiger partial charge in [0.15, 0.2) is 0 Å². The third-order valence-electron chi connectivity index (χ3n) is 4.04. The van der Waals surface area contributed by atoms with Crippen LogP contribution >= 0.6 is 0 Å². The number of carbonyl (C=O) groups is 1. The lowest BCUT2D eigenvalue weighted by Gasteiger charge is -2.49. The molecule has 3 nitrogen and oxygen atoms in total. The van der Waals surface area contributed by atoms with Crippen molar-refractivity contribution in [3.8, 4) is 0 Å². The predicted octanol–water partition coefficient (Wildman–Crippen LogP) is 1.87. The van der Waals surface area contributed by atoms with Gasteiger partial charge in [-0.05, 0) is 40.5 Å². The molecule has 2 heterocycles. The van der Waals surface area contributed by atoms with Gasteiger partial charge in [-0.15, -0.1) is 0 Å². The van der Waals surface area contributed by atoms with Crippen molar-refractivity contribution in [3.05, 3.63) is 0 Å². The molecule has 1 atom stereocenters. The average Bonchev–Trinajstić information content (AvgIpc) is 2.16. The van der Waals surface area contributed by atoms with E-state index in [0.29, 0.717) is 18.0 Å². The zero-order chi connectivity index (χ0) is 11.9. The van der Waals surface area contributed by atoms with Crippen LogP contribution in [0.2, 0.25) is 0 Å². The Morgan fingerprint density at radius 1 is 1.19 bits per heavy atom. The molecule has 0 unspecified atom stereocenters. The maximum absolute atomic E-state index is 11.5. The number of carbonyl (C=O) groups excluding carboxylic acids is 1. The number of likely N-dealkylation sites (tertiary alicyclic amines) is 2. The molecule has 0 radical (unpaired) electrons. The van der Waals surface area contributed by atoms with Crippen molar-refractivity contribution in [1.29, 1.82) is 0 Å². The zero-order valence-corrected chi connectivity index (χ0v) is 11.0. The second kappa shape index (κ2) is 4.02. The molecule has 92 valence electrons. The van der Waals surface area contributed by atoms with Crippen LogP contribution in [0, 0.1) is 0 Å². The summed E-state index contributed by atoms with van der Waals surface area (Å²) in [6.45, 7) is 11.2. The lowest BCUT2D eigenvalue weighted by Crippen LogP contribution is -2.59. The van der Waals surface area contributed by atoms with E-state index in [4.69, 9.17) is 0 Å². The fourth-order valence-electron chi connectivity index (χ4n) is 2.97. The summed E-state index contributed by atoms with van der Waals surface area (Å²) in [7, 11) is 0. The van der Waals surface area contributed by atoms with Gasteiger partial charge in [0, 0.05) is 37.1 Å². The molecule has 1 amide bonds. The van der Waals surface area contributed by atoms with Gasteiger partial charge in [0.25, 0.3) is 0 Å². The fraction of sp³-hybridized carbons (Fsp3) is 0.923. The molecular formula is C13H24N2O. The van der Waals surface area contributed by atoms with Crippen molar-refractivity contribution in [2.75, 3.05) is 13.1 Å². The van der Waals surface area contributed by atoms with E-state index >= 15 is 0 Å². The van der Waals surface area contributed by atoms with Gasteiger partial charge in [0.1, 0.15) is 0 Å². The second-order valence-corrected chi connectivity index (χ2v) is 6.24. The van der Waals surface area contributed by atoms with Gasteiger partial charge in [0.2, 0.25) is 5.91 Å². The van der Waals surface area contributed by atoms with Crippen molar-refractivity contribution >= 4 is 5.91 Å². The monoisotopic (exact) mass is 224 g/mol. The van der Waals surface area contributed by atoms with Crippen LogP contribution in [-0.4, -0.2) is 46.4 Å². The molecule has 16 heavy (non-hydrogen) atoms. The third kappa shape index (κ3) is 2.10. The normalized spacial score (nSPS) is 29.4. The Morgan fingerprint density at radius 3 is 2.12 bits per heavy atom. The number of amides is 1. The summed E-state index contributed by atoms with van der Waals surface area (Å²) in [6, 6.07) is 0.994. The van der Waals surface area contributed by atoms with Crippen LogP contribution in [0.5, 0.6) is 0 Å². The van der Waals surface area contributed by atoms with Gasteiger partial charge >= 0.3 is 0 Å². The molecule has 2 fully saturated rings. The van der Waals surface area contributed by atoms with Gasteiger partial charge in [0.05, 0.1) is 0 Å². The number of rotatable bonds is 1. The lowest BCUT2D eigenvalue weighted by molar-refractivity contribution is -0.150. The zero-order valence-electron chi connectivity index (χ0n) is 11.0. The molecule has 0 N–H and O–H groups in total. The Morgan fingerprint density at radius 2 is 1.75 bits per heavy atom. The van der Waals surface area contributed by atoms with Gasteiger partial charge < -0.3 is 4.90 Å². The third-order valence-corrected chi connectivity index (χ3v) is 4.04. The van der Waals surface area contributed by atoms with Gasteiger partial charge in [-0.25, -0.2) is 0 Å². The molecule has 2 saturated heterocycles. The predicted molar refractivity (Wildman–Crippen MR) is 65.3 cm³/mol. The minimum Gasteiger partial charge on any atom is -0.336 e. The molecular weight excluding hydrogens is 200 g/mol. The Bertz CT molecular complexity index is 274. The van der Waals surface area contributed by atoms with Crippen molar-refractivity contribution in [3.63, 3.8) is 0 Å². The van der Waals surface area contributed by atoms with E-state index in [1.807, 2.05) is 0 Å². The van der Waals surface area contributed by atoms with Crippen LogP contribution in [0.1, 0.15) is 47.0 Å². The Balaban J connectivity index is 1.88. The minimum atomic E-state index is 0.273. The molecule has 0 aromatic heterocycles. The number of β-lactam (4-membered cyclic amide) rings is 1. The maximum Gasteiger partial charge on any atom is 0.225 e. The van der Waals surface area contributed by atoms with E-state index in [0.717, 1.165) is 32.4 Å². The number of hydrogen-bond donors (Lipinski definition) is 0. The van der Waals surface area contributed by atoms with E-state index in [9.17, 15) is 4.79 Å². The van der Waals surface area contributed by atoms with Crippen molar-refractivity contribution in [2.24, 2.45) is 0 Å². The first kappa shape index (κ1) is 11.9. The number of nitrogens with zero attached hydrogens (tertiary/aromatic N) is 2. The van der Waals surface area contributed by atoms with Gasteiger partial charge in [-0.3, -0.25) is 9.69 Å². The Kier molecular flexibility index (Phi) is 2.99. The highest BCUT2D eigenvalue weighted by Crippen LogP contribution is 2.29. The minimum absolute atomic E-state index is 0.273. The van der Waals surface area contributed by atoms with Crippen LogP contribution in [0.3, 0.4) is 0 Å². The lowest BCUT2D eigenvalue weighted by atomic mass is 9.92. The summed E-state index contributed by atoms with van der Waals surface area (Å²) in [5, 5.41) is 0. The highest BCUT2D eigenvalue weighted by Gasteiger charge is 2.39. The summed E-state index contributed by atoms with van der Waals surface area (Å²) in [5.41, 5.74) is 0.273. The molecule has 0 spiro atoms. The Labute approximate surface area is 98.8 Å². The summed E-state index contributed by atoms with van der Waals surface area (Å²) < 4.78 is 0. The summed E-state index contributed by atoms with van der Waals surface area (Å²) >= 11 is 0. The van der Waals surface area contributed by atoms with Crippen molar-refractivity contribution in [2.45, 2.75) is 64.6 Å². The second-order valence-electron chi connectivity index (χ2n) is 6.24. The maximum atomic E-state index is 11.5. The molecule has 0 saturated carbocycles. The standard InChI is InChI=1S/C13H24N2O/c1-10-9-12(16)15(10)11-5-7-14(8-6-11)13(2,3)4/h10-11H,5-9H2,1-4H3/t10-/m1/s1. The molecule has 2 rings (SSSR count). The van der Waals surface area contributed by atoms with E-state index in [1.165, 1.54) is 0 Å². The average molecular weight is 224 g/mol. The molecule has 0 aliphatic carbocycles. The summed E-state index contributed by atoms with van der Waals surface area (Å²) in [4.78, 5) is 16.2. The first-order valence-corrected chi connectivity index (χ1v) is 6.46. The molecule has 3 heteroatoms. The highest BCUT2D eigenvalue weighted by molar-refractivity contribution is 5.83. The summed E-state index contributed by atoms with van der Waals surface area (Å²) in [5.74, 6) is 0.363. The number of hydrogen-bond acceptors (Lipinski definition) is 2. The van der Waals surface area contributed by atoms with Gasteiger partial charge in [-0.2, -0.15) is 0 Å². The topological polar surface area (TPSA) is 23.6 Å². The van der Waals surface area contributed by atoms with Crippen LogP contribution in [-0.2, 0) is 4.79 Å². The summed E-state index contributed by atoms with van der Waals surface area (Å²) in [6.07, 6.45) is 3.06. The van der Waals surface area contributed by atoms with Crippen molar-refractivity contribution < 1.29 is 4.79 Å². The highest BCUT2D eigenvalue weighted by atomic mass is 16.2. The first-order valence-electron chi connectivity index (χ1n) is 6.46. The molecule has 2 aliphatic heterocycles. The van der Waals surface area contributed by atoms with Crippen LogP contribution in [0.4, 0.5) is 0 Å². The fourth-order valence-corrected chi connectivity index (χ4v) is 2.97. The quantitative estimate of drug-likeness (QED) is 0.635. The van der Waals surface area contributed by atoms with Crippen LogP contribution in [0.25, 0.3) is 0 Å². The van der Waals surface area contributed by atoms with Crippen LogP contribution < -0.4 is 0 Å². The Hall–Kier alpha value is -0.570. The SMILES string of the molecule is C[C@@H]1CC(=O)N1C1CCN(C(C)(C)C)CC1. The van der Waals surface area contributed by atoms with Gasteiger partial charge in [-0.1, -0.05) is 0 Å². The van der Waals surface area contributed by atoms with E-state index < -0.39 is 0 Å². The number of piperidine rings is 1. The molecule has 0 aromatic rings. The smallest absolute Gasteiger partial charge is 0.225 e. The first-order chi connectivity index (χ1) is 7.39.